The molecule has 2 amide bonds. The number of fused-ring (bicyclic) bond motifs is 1. The number of aryl methyl sites for hydroxylation is 1. The molecular weight excluding hydrogens is 398 g/mol. The molecule has 0 atom stereocenters. The summed E-state index contributed by atoms with van der Waals surface area (Å²) in [4.78, 5) is 32.1. The summed E-state index contributed by atoms with van der Waals surface area (Å²) in [5.41, 5.74) is 2.35. The number of thiophene rings is 1. The minimum atomic E-state index is -0.184. The molecule has 0 aliphatic heterocycles. The van der Waals surface area contributed by atoms with E-state index in [0.29, 0.717) is 29.0 Å². The number of nitrogens with zero attached hydrogens (tertiary/aromatic N) is 3. The van der Waals surface area contributed by atoms with Crippen molar-refractivity contribution in [1.82, 2.24) is 15.1 Å². The minimum Gasteiger partial charge on any atom is -0.339 e. The number of carbonyl (C=O) groups excluding carboxylic acids is 2. The number of aromatic nitrogens is 3. The van der Waals surface area contributed by atoms with Crippen LogP contribution in [-0.4, -0.2) is 26.9 Å². The summed E-state index contributed by atoms with van der Waals surface area (Å²) in [5.74, 6) is 0.621. The van der Waals surface area contributed by atoms with Gasteiger partial charge in [-0.3, -0.25) is 9.59 Å². The zero-order valence-electron chi connectivity index (χ0n) is 14.8. The van der Waals surface area contributed by atoms with Crippen LogP contribution in [0.25, 0.3) is 21.6 Å². The molecule has 0 saturated carbocycles. The number of carbonyl (C=O) groups is 2. The summed E-state index contributed by atoms with van der Waals surface area (Å²) >= 11 is 2.90. The van der Waals surface area contributed by atoms with Gasteiger partial charge in [-0.1, -0.05) is 16.5 Å². The Morgan fingerprint density at radius 3 is 2.86 bits per heavy atom. The topological polar surface area (TPSA) is 110 Å². The van der Waals surface area contributed by atoms with E-state index in [1.165, 1.54) is 18.3 Å². The smallest absolute Gasteiger partial charge is 0.227 e. The Kier molecular flexibility index (Phi) is 5.13. The van der Waals surface area contributed by atoms with Crippen LogP contribution in [0.2, 0.25) is 0 Å². The number of anilines is 2. The van der Waals surface area contributed by atoms with Gasteiger partial charge in [-0.15, -0.1) is 0 Å². The van der Waals surface area contributed by atoms with Gasteiger partial charge in [0.2, 0.25) is 23.5 Å². The fourth-order valence-corrected chi connectivity index (χ4v) is 4.08. The second kappa shape index (κ2) is 7.87. The quantitative estimate of drug-likeness (QED) is 0.495. The van der Waals surface area contributed by atoms with E-state index in [1.807, 2.05) is 22.9 Å². The molecule has 28 heavy (non-hydrogen) atoms. The number of hydrogen-bond donors (Lipinski definition) is 2. The van der Waals surface area contributed by atoms with Crippen molar-refractivity contribution < 1.29 is 14.1 Å². The van der Waals surface area contributed by atoms with Crippen molar-refractivity contribution in [2.75, 3.05) is 10.6 Å². The maximum atomic E-state index is 12.2. The molecule has 4 rings (SSSR count). The predicted molar refractivity (Wildman–Crippen MR) is 108 cm³/mol. The van der Waals surface area contributed by atoms with Gasteiger partial charge >= 0.3 is 0 Å². The number of nitrogens with one attached hydrogen (secondary N) is 2. The fraction of sp³-hybridized carbons (Fsp3) is 0.167. The SMILES string of the molecule is CC(=O)Nc1ccc2nc(NC(=O)CCc3nc(-c4ccsc4)no3)sc2c1. The van der Waals surface area contributed by atoms with Crippen LogP contribution in [0.15, 0.2) is 39.5 Å². The van der Waals surface area contributed by atoms with Gasteiger partial charge in [0, 0.05) is 36.4 Å². The molecule has 142 valence electrons. The van der Waals surface area contributed by atoms with Gasteiger partial charge in [0.15, 0.2) is 5.13 Å². The summed E-state index contributed by atoms with van der Waals surface area (Å²) in [6.45, 7) is 1.45. The van der Waals surface area contributed by atoms with Crippen LogP contribution in [0.1, 0.15) is 19.2 Å². The third kappa shape index (κ3) is 4.24. The van der Waals surface area contributed by atoms with E-state index in [2.05, 4.69) is 25.8 Å². The molecular formula is C18H15N5O3S2. The van der Waals surface area contributed by atoms with Gasteiger partial charge in [-0.2, -0.15) is 16.3 Å². The lowest BCUT2D eigenvalue weighted by molar-refractivity contribution is -0.116. The van der Waals surface area contributed by atoms with E-state index in [-0.39, 0.29) is 18.2 Å². The van der Waals surface area contributed by atoms with Crippen molar-refractivity contribution in [2.24, 2.45) is 0 Å². The van der Waals surface area contributed by atoms with Crippen LogP contribution in [-0.2, 0) is 16.0 Å². The molecule has 0 radical (unpaired) electrons. The summed E-state index contributed by atoms with van der Waals surface area (Å²) in [6.07, 6.45) is 0.554. The Balaban J connectivity index is 1.36. The number of thiazole rings is 1. The van der Waals surface area contributed by atoms with Crippen LogP contribution in [0, 0.1) is 0 Å². The first-order chi connectivity index (χ1) is 13.6. The summed E-state index contributed by atoms with van der Waals surface area (Å²) in [5, 5.41) is 13.8. The summed E-state index contributed by atoms with van der Waals surface area (Å²) < 4.78 is 6.07. The number of benzene rings is 1. The Hall–Kier alpha value is -3.11. The van der Waals surface area contributed by atoms with Crippen molar-refractivity contribution >= 4 is 55.5 Å². The molecule has 3 heterocycles. The highest BCUT2D eigenvalue weighted by Crippen LogP contribution is 2.28. The average Bonchev–Trinajstić information content (AvgIpc) is 3.39. The van der Waals surface area contributed by atoms with E-state index in [4.69, 9.17) is 4.52 Å². The molecule has 0 aliphatic rings. The number of hydrogen-bond acceptors (Lipinski definition) is 8. The van der Waals surface area contributed by atoms with Gasteiger partial charge in [0.25, 0.3) is 0 Å². The highest BCUT2D eigenvalue weighted by molar-refractivity contribution is 7.22. The van der Waals surface area contributed by atoms with E-state index >= 15 is 0 Å². The van der Waals surface area contributed by atoms with Gasteiger partial charge in [-0.25, -0.2) is 4.98 Å². The van der Waals surface area contributed by atoms with Crippen LogP contribution in [0.5, 0.6) is 0 Å². The molecule has 8 nitrogen and oxygen atoms in total. The molecule has 3 aromatic heterocycles. The maximum absolute atomic E-state index is 12.2. The van der Waals surface area contributed by atoms with E-state index in [0.717, 1.165) is 15.8 Å². The van der Waals surface area contributed by atoms with E-state index in [1.54, 1.807) is 23.5 Å². The molecule has 2 N–H and O–H groups in total. The maximum Gasteiger partial charge on any atom is 0.227 e. The van der Waals surface area contributed by atoms with Crippen molar-refractivity contribution in [3.05, 3.63) is 40.9 Å². The molecule has 0 fully saturated rings. The Labute approximate surface area is 167 Å². The molecule has 0 bridgehead atoms. The predicted octanol–water partition coefficient (Wildman–Crippen LogP) is 3.94. The lowest BCUT2D eigenvalue weighted by Crippen LogP contribution is -2.12. The molecule has 0 aliphatic carbocycles. The molecule has 10 heteroatoms. The second-order valence-corrected chi connectivity index (χ2v) is 7.77. The average molecular weight is 413 g/mol. The van der Waals surface area contributed by atoms with Crippen LogP contribution in [0.3, 0.4) is 0 Å². The highest BCUT2D eigenvalue weighted by atomic mass is 32.1. The standard InChI is InChI=1S/C18H15N5O3S2/c1-10(24)19-12-2-3-13-14(8-12)28-18(20-13)21-15(25)4-5-16-22-17(23-26-16)11-6-7-27-9-11/h2-3,6-9H,4-5H2,1H3,(H,19,24)(H,20,21,25). The molecule has 0 saturated heterocycles. The molecule has 0 spiro atoms. The van der Waals surface area contributed by atoms with Crippen LogP contribution < -0.4 is 10.6 Å². The Bertz CT molecular complexity index is 1130. The van der Waals surface area contributed by atoms with E-state index < -0.39 is 0 Å². The normalized spacial score (nSPS) is 10.9. The number of rotatable bonds is 6. The Morgan fingerprint density at radius 2 is 2.07 bits per heavy atom. The third-order valence-electron chi connectivity index (χ3n) is 3.77. The highest BCUT2D eigenvalue weighted by Gasteiger charge is 2.13. The zero-order chi connectivity index (χ0) is 19.5. The summed E-state index contributed by atoms with van der Waals surface area (Å²) in [6, 6.07) is 7.32. The minimum absolute atomic E-state index is 0.138. The second-order valence-electron chi connectivity index (χ2n) is 5.95. The monoisotopic (exact) mass is 413 g/mol. The van der Waals surface area contributed by atoms with Crippen molar-refractivity contribution in [3.63, 3.8) is 0 Å². The fourth-order valence-electron chi connectivity index (χ4n) is 2.53. The van der Waals surface area contributed by atoms with Gasteiger partial charge in [-0.05, 0) is 29.6 Å². The molecule has 4 aromatic rings. The van der Waals surface area contributed by atoms with Gasteiger partial charge in [0.1, 0.15) is 0 Å². The Morgan fingerprint density at radius 1 is 1.18 bits per heavy atom. The first-order valence-corrected chi connectivity index (χ1v) is 10.2. The van der Waals surface area contributed by atoms with Crippen molar-refractivity contribution in [2.45, 2.75) is 19.8 Å². The van der Waals surface area contributed by atoms with Gasteiger partial charge in [0.05, 0.1) is 10.2 Å². The first kappa shape index (κ1) is 18.3. The number of amides is 2. The molecule has 0 unspecified atom stereocenters. The zero-order valence-corrected chi connectivity index (χ0v) is 16.4. The lowest BCUT2D eigenvalue weighted by Gasteiger charge is -1.99. The first-order valence-electron chi connectivity index (χ1n) is 8.40. The molecule has 1 aromatic carbocycles. The van der Waals surface area contributed by atoms with Crippen LogP contribution in [0.4, 0.5) is 10.8 Å². The van der Waals surface area contributed by atoms with Crippen LogP contribution >= 0.6 is 22.7 Å². The van der Waals surface area contributed by atoms with Gasteiger partial charge < -0.3 is 15.2 Å². The summed E-state index contributed by atoms with van der Waals surface area (Å²) in [7, 11) is 0. The lowest BCUT2D eigenvalue weighted by atomic mass is 10.3. The van der Waals surface area contributed by atoms with Crippen molar-refractivity contribution in [1.29, 1.82) is 0 Å². The third-order valence-corrected chi connectivity index (χ3v) is 5.39. The van der Waals surface area contributed by atoms with E-state index in [9.17, 15) is 9.59 Å². The largest absolute Gasteiger partial charge is 0.339 e. The van der Waals surface area contributed by atoms with Crippen molar-refractivity contribution in [3.8, 4) is 11.4 Å².